The van der Waals surface area contributed by atoms with E-state index in [9.17, 15) is 61.3 Å². The molecule has 370 valence electrons. The zero-order chi connectivity index (χ0) is 46.4. The van der Waals surface area contributed by atoms with E-state index in [0.717, 1.165) is 32.1 Å². The Morgan fingerprint density at radius 2 is 1.31 bits per heavy atom. The van der Waals surface area contributed by atoms with Gasteiger partial charge in [0.1, 0.15) is 67.1 Å². The summed E-state index contributed by atoms with van der Waals surface area (Å²) in [6.07, 6.45) is -16.4. The number of hydrogen-bond donors (Lipinski definition) is 12. The maximum absolute atomic E-state index is 12.1. The molecule has 19 heteroatoms. The smallest absolute Gasteiger partial charge is 0.187 e. The van der Waals surface area contributed by atoms with Gasteiger partial charge in [-0.25, -0.2) is 0 Å². The third kappa shape index (κ3) is 8.55. The first-order valence-corrected chi connectivity index (χ1v) is 23.8. The van der Waals surface area contributed by atoms with Crippen molar-refractivity contribution in [1.82, 2.24) is 0 Å². The minimum Gasteiger partial charge on any atom is -0.394 e. The van der Waals surface area contributed by atoms with Crippen molar-refractivity contribution in [2.45, 2.75) is 209 Å². The number of fused-ring (bicyclic) bond motifs is 7. The Kier molecular flexibility index (Phi) is 14.6. The highest BCUT2D eigenvalue weighted by Crippen LogP contribution is 2.71. The lowest BCUT2D eigenvalue weighted by molar-refractivity contribution is -0.374. The number of hydrogen-bond acceptors (Lipinski definition) is 19. The summed E-state index contributed by atoms with van der Waals surface area (Å²) >= 11 is 0. The van der Waals surface area contributed by atoms with Gasteiger partial charge in [-0.1, -0.05) is 27.7 Å². The van der Waals surface area contributed by atoms with Crippen LogP contribution in [0, 0.1) is 52.3 Å². The molecule has 0 aromatic carbocycles. The molecule has 4 aliphatic carbocycles. The van der Waals surface area contributed by atoms with Crippen LogP contribution in [0.1, 0.15) is 92.4 Å². The number of aliphatic hydroxyl groups excluding tert-OH is 11. The number of rotatable bonds is 12. The summed E-state index contributed by atoms with van der Waals surface area (Å²) in [6, 6.07) is 0. The molecule has 0 unspecified atom stereocenters. The third-order valence-electron chi connectivity index (χ3n) is 18.0. The highest BCUT2D eigenvalue weighted by molar-refractivity contribution is 5.15. The SMILES string of the molecule is C[C@H](CC[C@]1(O)O[C@H]2C[C@@H]3[C@@H]4CC[C@H]5C[C@@H](O[C@@H]6O[C@H](CO)[C@@H](O)[C@H](O)[C@H]6O[C@@H]6O[C@@H](C)[C@H](O)[C@@H](O)[C@H]6O)[C@H](O)C[C@]5(C)[C@H]4CC[C@]3(C)[C@H]2[C@@H]1C)CO[C@@H]1O[C@H](CO)[C@@H](O)[C@H](O)[C@H]1O. The summed E-state index contributed by atoms with van der Waals surface area (Å²) < 4.78 is 41.9. The van der Waals surface area contributed by atoms with Gasteiger partial charge in [0.15, 0.2) is 24.7 Å². The summed E-state index contributed by atoms with van der Waals surface area (Å²) in [5.74, 6) is -0.0681. The molecular weight excluding hydrogens is 844 g/mol. The highest BCUT2D eigenvalue weighted by Gasteiger charge is 2.69. The molecule has 0 radical (unpaired) electrons. The van der Waals surface area contributed by atoms with E-state index in [4.69, 9.17) is 33.2 Å². The van der Waals surface area contributed by atoms with Crippen molar-refractivity contribution in [3.05, 3.63) is 0 Å². The van der Waals surface area contributed by atoms with Crippen molar-refractivity contribution in [2.75, 3.05) is 19.8 Å². The van der Waals surface area contributed by atoms with Crippen LogP contribution in [0.15, 0.2) is 0 Å². The molecule has 8 aliphatic rings. The Bertz CT molecular complexity index is 1580. The summed E-state index contributed by atoms with van der Waals surface area (Å²) in [7, 11) is 0. The predicted molar refractivity (Wildman–Crippen MR) is 219 cm³/mol. The lowest BCUT2D eigenvalue weighted by Crippen LogP contribution is -2.65. The summed E-state index contributed by atoms with van der Waals surface area (Å²) in [5.41, 5.74) is -0.263. The molecule has 8 fully saturated rings. The van der Waals surface area contributed by atoms with Crippen LogP contribution in [0.25, 0.3) is 0 Å². The van der Waals surface area contributed by atoms with Gasteiger partial charge < -0.3 is 94.4 Å². The van der Waals surface area contributed by atoms with Crippen molar-refractivity contribution >= 4 is 0 Å². The first-order valence-electron chi connectivity index (χ1n) is 23.8. The van der Waals surface area contributed by atoms with Crippen molar-refractivity contribution in [2.24, 2.45) is 52.3 Å². The van der Waals surface area contributed by atoms with E-state index in [-0.39, 0.29) is 47.2 Å². The molecule has 0 bridgehead atoms. The predicted octanol–water partition coefficient (Wildman–Crippen LogP) is -1.78. The monoisotopic (exact) mass is 920 g/mol. The van der Waals surface area contributed by atoms with Gasteiger partial charge >= 0.3 is 0 Å². The van der Waals surface area contributed by atoms with Gasteiger partial charge in [-0.3, -0.25) is 0 Å². The maximum Gasteiger partial charge on any atom is 0.187 e. The second-order valence-electron chi connectivity index (χ2n) is 21.6. The van der Waals surface area contributed by atoms with Crippen LogP contribution in [0.3, 0.4) is 0 Å². The maximum atomic E-state index is 12.1. The average Bonchev–Trinajstić information content (AvgIpc) is 3.70. The fourth-order valence-corrected chi connectivity index (χ4v) is 14.1. The molecular formula is C45H76O19. The molecule has 28 atom stereocenters. The zero-order valence-electron chi connectivity index (χ0n) is 37.6. The van der Waals surface area contributed by atoms with E-state index >= 15 is 0 Å². The molecule has 0 aromatic rings. The quantitative estimate of drug-likeness (QED) is 0.0964. The molecule has 4 saturated carbocycles. The lowest BCUT2D eigenvalue weighted by atomic mass is 9.44. The Morgan fingerprint density at radius 1 is 0.672 bits per heavy atom. The van der Waals surface area contributed by atoms with Gasteiger partial charge in [-0.05, 0) is 105 Å². The summed E-state index contributed by atoms with van der Waals surface area (Å²) in [4.78, 5) is 0. The Balaban J connectivity index is 0.883. The number of ether oxygens (including phenoxy) is 7. The molecule has 19 nitrogen and oxygen atoms in total. The van der Waals surface area contributed by atoms with E-state index in [1.165, 1.54) is 6.92 Å². The van der Waals surface area contributed by atoms with Gasteiger partial charge in [0, 0.05) is 12.3 Å². The van der Waals surface area contributed by atoms with Crippen LogP contribution in [0.2, 0.25) is 0 Å². The molecule has 12 N–H and O–H groups in total. The molecule has 64 heavy (non-hydrogen) atoms. The molecule has 4 saturated heterocycles. The minimum atomic E-state index is -1.70. The van der Waals surface area contributed by atoms with Gasteiger partial charge in [0.05, 0.1) is 44.2 Å². The van der Waals surface area contributed by atoms with E-state index in [1.54, 1.807) is 0 Å². The van der Waals surface area contributed by atoms with E-state index in [0.29, 0.717) is 43.4 Å². The van der Waals surface area contributed by atoms with Gasteiger partial charge in [0.25, 0.3) is 0 Å². The van der Waals surface area contributed by atoms with Crippen LogP contribution in [0.5, 0.6) is 0 Å². The van der Waals surface area contributed by atoms with Crippen LogP contribution >= 0.6 is 0 Å². The van der Waals surface area contributed by atoms with Crippen LogP contribution in [-0.4, -0.2) is 197 Å². The summed E-state index contributed by atoms with van der Waals surface area (Å²) in [6.45, 7) is 9.19. The van der Waals surface area contributed by atoms with Crippen LogP contribution in [-0.2, 0) is 33.2 Å². The Hall–Kier alpha value is -0.760. The Labute approximate surface area is 374 Å². The third-order valence-corrected chi connectivity index (χ3v) is 18.0. The van der Waals surface area contributed by atoms with Crippen LogP contribution in [0.4, 0.5) is 0 Å². The van der Waals surface area contributed by atoms with Crippen molar-refractivity contribution in [3.63, 3.8) is 0 Å². The molecule has 0 spiro atoms. The Morgan fingerprint density at radius 3 is 2.00 bits per heavy atom. The molecule has 4 heterocycles. The van der Waals surface area contributed by atoms with E-state index in [1.807, 2.05) is 6.92 Å². The first kappa shape index (κ1) is 49.7. The topological polar surface area (TPSA) is 307 Å². The van der Waals surface area contributed by atoms with Gasteiger partial charge in [0.2, 0.25) is 0 Å². The minimum absolute atomic E-state index is 0.0563. The van der Waals surface area contributed by atoms with Crippen LogP contribution < -0.4 is 0 Å². The van der Waals surface area contributed by atoms with Crippen molar-refractivity contribution < 1.29 is 94.4 Å². The summed E-state index contributed by atoms with van der Waals surface area (Å²) in [5, 5.41) is 127. The van der Waals surface area contributed by atoms with Crippen molar-refractivity contribution in [3.8, 4) is 0 Å². The second kappa shape index (κ2) is 18.9. The molecule has 0 aromatic heterocycles. The highest BCUT2D eigenvalue weighted by atomic mass is 16.8. The second-order valence-corrected chi connectivity index (χ2v) is 21.6. The van der Waals surface area contributed by atoms with E-state index in [2.05, 4.69) is 20.8 Å². The standard InChI is InChI=1S/C45H76O19/c1-18(17-58-40-37(55)35(53)32(50)28(15-46)61-40)8-11-45(57)19(2)30-27(64-45)13-24-22-7-6-21-12-26(25(48)14-44(21,5)23(22)9-10-43(24,30)4)60-42-39(36(54)33(51)29(16-47)62-42)63-41-38(56)34(52)31(49)20(3)59-41/h18-42,46-57H,6-17H2,1-5H3/t18-,19+,20+,21+,22-,23+,24-,25-,26-,27+,28-,29-,30+,31+,32-,33-,34-,35+,36+,37-,38-,39-,40-,41+,42-,43+,44+,45+/m1/s1. The fraction of sp³-hybridized carbons (Fsp3) is 1.00. The number of aliphatic hydroxyl groups is 12. The van der Waals surface area contributed by atoms with Gasteiger partial charge in [-0.2, -0.15) is 0 Å². The lowest BCUT2D eigenvalue weighted by Gasteiger charge is -2.62. The largest absolute Gasteiger partial charge is 0.394 e. The van der Waals surface area contributed by atoms with Crippen molar-refractivity contribution in [1.29, 1.82) is 0 Å². The first-order chi connectivity index (χ1) is 30.2. The average molecular weight is 921 g/mol. The normalized spacial score (nSPS) is 56.8. The zero-order valence-corrected chi connectivity index (χ0v) is 37.6. The molecule has 4 aliphatic heterocycles. The van der Waals surface area contributed by atoms with E-state index < -0.39 is 123 Å². The molecule has 8 rings (SSSR count). The fourth-order valence-electron chi connectivity index (χ4n) is 14.1. The molecule has 0 amide bonds. The van der Waals surface area contributed by atoms with Gasteiger partial charge in [-0.15, -0.1) is 0 Å².